The first kappa shape index (κ1) is 7.29. The summed E-state index contributed by atoms with van der Waals surface area (Å²) in [4.78, 5) is 11.4. The molecule has 11 heavy (non-hydrogen) atoms. The second-order valence-corrected chi connectivity index (χ2v) is 3.84. The van der Waals surface area contributed by atoms with Crippen molar-refractivity contribution in [1.82, 2.24) is 0 Å². The van der Waals surface area contributed by atoms with Gasteiger partial charge in [0.05, 0.1) is 11.5 Å². The zero-order valence-corrected chi connectivity index (χ0v) is 6.68. The third-order valence-electron chi connectivity index (χ3n) is 3.32. The van der Waals surface area contributed by atoms with Gasteiger partial charge in [0.1, 0.15) is 5.78 Å². The minimum Gasteiger partial charge on any atom is -0.392 e. The minimum atomic E-state index is -0.322. The predicted octanol–water partition coefficient (Wildman–Crippen LogP) is 1.27. The third kappa shape index (κ3) is 0.853. The molecule has 2 aliphatic carbocycles. The van der Waals surface area contributed by atoms with Crippen LogP contribution in [0.2, 0.25) is 0 Å². The Balaban J connectivity index is 2.25. The van der Waals surface area contributed by atoms with Crippen LogP contribution in [0.3, 0.4) is 0 Å². The van der Waals surface area contributed by atoms with Crippen LogP contribution in [0.5, 0.6) is 0 Å². The summed E-state index contributed by atoms with van der Waals surface area (Å²) in [5, 5.41) is 9.63. The number of aliphatic hydroxyl groups is 1. The summed E-state index contributed by atoms with van der Waals surface area (Å²) >= 11 is 0. The molecule has 1 N–H and O–H groups in total. The summed E-state index contributed by atoms with van der Waals surface area (Å²) in [6, 6.07) is 0. The Morgan fingerprint density at radius 3 is 2.55 bits per heavy atom. The van der Waals surface area contributed by atoms with Crippen LogP contribution in [0, 0.1) is 5.41 Å². The van der Waals surface area contributed by atoms with Gasteiger partial charge in [0.25, 0.3) is 0 Å². The molecule has 2 fully saturated rings. The Bertz CT molecular complexity index is 184. The topological polar surface area (TPSA) is 37.3 Å². The number of hydrogen-bond donors (Lipinski definition) is 1. The maximum absolute atomic E-state index is 11.4. The first-order valence-electron chi connectivity index (χ1n) is 4.47. The lowest BCUT2D eigenvalue weighted by molar-refractivity contribution is -0.130. The van der Waals surface area contributed by atoms with Crippen LogP contribution in [0.25, 0.3) is 0 Å². The molecule has 62 valence electrons. The van der Waals surface area contributed by atoms with Crippen LogP contribution in [0.1, 0.15) is 38.5 Å². The van der Waals surface area contributed by atoms with Gasteiger partial charge in [-0.2, -0.15) is 0 Å². The van der Waals surface area contributed by atoms with Crippen molar-refractivity contribution in [3.63, 3.8) is 0 Å². The number of Topliss-reactive ketones (excluding diaryl/α,β-unsaturated/α-hetero) is 1. The second-order valence-electron chi connectivity index (χ2n) is 3.84. The fraction of sp³-hybridized carbons (Fsp3) is 0.889. The smallest absolute Gasteiger partial charge is 0.141 e. The van der Waals surface area contributed by atoms with Crippen molar-refractivity contribution >= 4 is 5.78 Å². The molecular formula is C9H14O2. The summed E-state index contributed by atoms with van der Waals surface area (Å²) in [6.45, 7) is 0. The lowest BCUT2D eigenvalue weighted by atomic mass is 9.82. The van der Waals surface area contributed by atoms with Crippen LogP contribution in [-0.4, -0.2) is 17.0 Å². The zero-order chi connectivity index (χ0) is 7.90. The van der Waals surface area contributed by atoms with Gasteiger partial charge in [0, 0.05) is 6.42 Å². The van der Waals surface area contributed by atoms with E-state index in [-0.39, 0.29) is 11.5 Å². The van der Waals surface area contributed by atoms with Gasteiger partial charge in [-0.05, 0) is 32.1 Å². The van der Waals surface area contributed by atoms with Crippen molar-refractivity contribution < 1.29 is 9.90 Å². The van der Waals surface area contributed by atoms with Crippen LogP contribution in [0.4, 0.5) is 0 Å². The molecule has 2 saturated carbocycles. The molecule has 0 amide bonds. The number of aliphatic hydroxyl groups excluding tert-OH is 1. The molecule has 0 aliphatic heterocycles. The minimum absolute atomic E-state index is 0.278. The van der Waals surface area contributed by atoms with Crippen molar-refractivity contribution in [2.75, 3.05) is 0 Å². The number of rotatable bonds is 0. The number of carbonyl (C=O) groups excluding carboxylic acids is 1. The van der Waals surface area contributed by atoms with E-state index in [1.165, 1.54) is 0 Å². The van der Waals surface area contributed by atoms with Gasteiger partial charge in [-0.15, -0.1) is 0 Å². The zero-order valence-electron chi connectivity index (χ0n) is 6.68. The quantitative estimate of drug-likeness (QED) is 0.570. The largest absolute Gasteiger partial charge is 0.392 e. The molecule has 2 aliphatic rings. The van der Waals surface area contributed by atoms with E-state index in [2.05, 4.69) is 0 Å². The van der Waals surface area contributed by atoms with Crippen LogP contribution in [0.15, 0.2) is 0 Å². The monoisotopic (exact) mass is 154 g/mol. The highest BCUT2D eigenvalue weighted by Gasteiger charge is 2.49. The first-order valence-corrected chi connectivity index (χ1v) is 4.47. The predicted molar refractivity (Wildman–Crippen MR) is 41.1 cm³/mol. The molecule has 0 radical (unpaired) electrons. The molecular weight excluding hydrogens is 140 g/mol. The van der Waals surface area contributed by atoms with Crippen molar-refractivity contribution in [2.45, 2.75) is 44.6 Å². The molecule has 0 bridgehead atoms. The molecule has 0 unspecified atom stereocenters. The molecule has 1 spiro atoms. The van der Waals surface area contributed by atoms with Gasteiger partial charge in [-0.3, -0.25) is 4.79 Å². The third-order valence-corrected chi connectivity index (χ3v) is 3.32. The van der Waals surface area contributed by atoms with E-state index < -0.39 is 0 Å². The Hall–Kier alpha value is -0.370. The van der Waals surface area contributed by atoms with E-state index in [1.807, 2.05) is 0 Å². The molecule has 2 atom stereocenters. The Labute approximate surface area is 66.6 Å². The van der Waals surface area contributed by atoms with E-state index in [9.17, 15) is 9.90 Å². The maximum Gasteiger partial charge on any atom is 0.141 e. The molecule has 0 aromatic carbocycles. The van der Waals surface area contributed by atoms with Crippen molar-refractivity contribution in [3.8, 4) is 0 Å². The second kappa shape index (κ2) is 2.31. The van der Waals surface area contributed by atoms with E-state index in [4.69, 9.17) is 0 Å². The lowest BCUT2D eigenvalue weighted by Crippen LogP contribution is -2.33. The molecule has 0 aromatic heterocycles. The number of ketones is 1. The standard InChI is InChI=1S/C9H14O2/c10-7-3-1-5-9(7)6-2-4-8(9)11/h7,10H,1-6H2/t7-,9-/m0/s1. The maximum atomic E-state index is 11.4. The van der Waals surface area contributed by atoms with E-state index in [0.29, 0.717) is 12.2 Å². The Morgan fingerprint density at radius 2 is 2.09 bits per heavy atom. The summed E-state index contributed by atoms with van der Waals surface area (Å²) in [6.07, 6.45) is 5.13. The highest BCUT2D eigenvalue weighted by Crippen LogP contribution is 2.48. The summed E-state index contributed by atoms with van der Waals surface area (Å²) in [5.41, 5.74) is -0.278. The van der Waals surface area contributed by atoms with E-state index in [0.717, 1.165) is 32.1 Å². The summed E-state index contributed by atoms with van der Waals surface area (Å²) in [5.74, 6) is 0.322. The Kier molecular flexibility index (Phi) is 1.53. The van der Waals surface area contributed by atoms with Crippen LogP contribution >= 0.6 is 0 Å². The fourth-order valence-corrected chi connectivity index (χ4v) is 2.62. The molecule has 0 heterocycles. The van der Waals surface area contributed by atoms with Gasteiger partial charge < -0.3 is 5.11 Å². The average Bonchev–Trinajstić information content (AvgIpc) is 2.48. The van der Waals surface area contributed by atoms with E-state index >= 15 is 0 Å². The van der Waals surface area contributed by atoms with E-state index in [1.54, 1.807) is 0 Å². The Morgan fingerprint density at radius 1 is 1.36 bits per heavy atom. The fourth-order valence-electron chi connectivity index (χ4n) is 2.62. The first-order chi connectivity index (χ1) is 5.26. The van der Waals surface area contributed by atoms with Gasteiger partial charge in [0.15, 0.2) is 0 Å². The summed E-state index contributed by atoms with van der Waals surface area (Å²) < 4.78 is 0. The SMILES string of the molecule is O=C1CCC[C@]12CCC[C@@H]2O. The van der Waals surface area contributed by atoms with Crippen LogP contribution < -0.4 is 0 Å². The molecule has 2 nitrogen and oxygen atoms in total. The highest BCUT2D eigenvalue weighted by atomic mass is 16.3. The summed E-state index contributed by atoms with van der Waals surface area (Å²) in [7, 11) is 0. The van der Waals surface area contributed by atoms with Crippen LogP contribution in [-0.2, 0) is 4.79 Å². The van der Waals surface area contributed by atoms with Gasteiger partial charge in [-0.1, -0.05) is 0 Å². The van der Waals surface area contributed by atoms with Gasteiger partial charge in [0.2, 0.25) is 0 Å². The van der Waals surface area contributed by atoms with Gasteiger partial charge >= 0.3 is 0 Å². The lowest BCUT2D eigenvalue weighted by Gasteiger charge is -2.24. The van der Waals surface area contributed by atoms with Gasteiger partial charge in [-0.25, -0.2) is 0 Å². The number of carbonyl (C=O) groups is 1. The molecule has 0 aromatic rings. The highest BCUT2D eigenvalue weighted by molar-refractivity contribution is 5.87. The molecule has 0 saturated heterocycles. The van der Waals surface area contributed by atoms with Crippen molar-refractivity contribution in [2.24, 2.45) is 5.41 Å². The van der Waals surface area contributed by atoms with Crippen molar-refractivity contribution in [1.29, 1.82) is 0 Å². The normalized spacial score (nSPS) is 44.1. The molecule has 2 rings (SSSR count). The van der Waals surface area contributed by atoms with Crippen molar-refractivity contribution in [3.05, 3.63) is 0 Å². The molecule has 2 heteroatoms. The number of hydrogen-bond acceptors (Lipinski definition) is 2. The average molecular weight is 154 g/mol.